The third-order valence-electron chi connectivity index (χ3n) is 4.18. The summed E-state index contributed by atoms with van der Waals surface area (Å²) in [7, 11) is 0. The van der Waals surface area contributed by atoms with Crippen molar-refractivity contribution in [1.82, 2.24) is 21.3 Å². The lowest BCUT2D eigenvalue weighted by molar-refractivity contribution is 0.194. The maximum absolute atomic E-state index is 10.3. The third kappa shape index (κ3) is 14.7. The van der Waals surface area contributed by atoms with Gasteiger partial charge in [-0.3, -0.25) is 0 Å². The molecule has 0 heterocycles. The van der Waals surface area contributed by atoms with Gasteiger partial charge in [-0.25, -0.2) is 4.79 Å². The van der Waals surface area contributed by atoms with E-state index in [0.29, 0.717) is 6.54 Å². The van der Waals surface area contributed by atoms with Crippen LogP contribution in [0.15, 0.2) is 30.3 Å². The number of nitrogens with one attached hydrogen (secondary N) is 4. The lowest BCUT2D eigenvalue weighted by Crippen LogP contribution is -2.29. The Hall–Kier alpha value is -1.63. The van der Waals surface area contributed by atoms with E-state index in [1.165, 1.54) is 18.4 Å². The van der Waals surface area contributed by atoms with Gasteiger partial charge in [0.15, 0.2) is 0 Å². The Bertz CT molecular complexity index is 443. The Morgan fingerprint density at radius 1 is 0.692 bits per heavy atom. The van der Waals surface area contributed by atoms with Crippen LogP contribution >= 0.6 is 0 Å². The SMILES string of the molecule is O=C(O)NCCCCCNCCCCNCCNCCc1ccccc1. The summed E-state index contributed by atoms with van der Waals surface area (Å²) in [6.45, 7) is 6.78. The van der Waals surface area contributed by atoms with Gasteiger partial charge in [-0.2, -0.15) is 0 Å². The number of unbranched alkanes of at least 4 members (excludes halogenated alkanes) is 3. The van der Waals surface area contributed by atoms with E-state index in [4.69, 9.17) is 5.11 Å². The van der Waals surface area contributed by atoms with Gasteiger partial charge >= 0.3 is 6.09 Å². The highest BCUT2D eigenvalue weighted by Gasteiger charge is 1.95. The molecular formula is C20H36N4O2. The summed E-state index contributed by atoms with van der Waals surface area (Å²) < 4.78 is 0. The molecule has 0 atom stereocenters. The second-order valence-electron chi connectivity index (χ2n) is 6.49. The predicted octanol–water partition coefficient (Wildman–Crippen LogP) is 2.22. The van der Waals surface area contributed by atoms with Crippen molar-refractivity contribution >= 4 is 6.09 Å². The van der Waals surface area contributed by atoms with Crippen LogP contribution in [-0.4, -0.2) is 57.0 Å². The van der Waals surface area contributed by atoms with Gasteiger partial charge in [0.05, 0.1) is 0 Å². The highest BCUT2D eigenvalue weighted by atomic mass is 16.4. The largest absolute Gasteiger partial charge is 0.465 e. The van der Waals surface area contributed by atoms with Crippen molar-refractivity contribution in [3.63, 3.8) is 0 Å². The van der Waals surface area contributed by atoms with Crippen LogP contribution in [0.1, 0.15) is 37.7 Å². The minimum Gasteiger partial charge on any atom is -0.465 e. The number of hydrogen-bond donors (Lipinski definition) is 5. The fourth-order valence-electron chi connectivity index (χ4n) is 2.68. The first-order valence-corrected chi connectivity index (χ1v) is 9.92. The summed E-state index contributed by atoms with van der Waals surface area (Å²) in [5, 5.41) is 21.2. The molecule has 6 heteroatoms. The molecule has 1 amide bonds. The molecule has 0 aliphatic rings. The third-order valence-corrected chi connectivity index (χ3v) is 4.18. The Balaban J connectivity index is 1.70. The number of rotatable bonds is 17. The molecule has 0 aliphatic heterocycles. The van der Waals surface area contributed by atoms with Crippen LogP contribution in [-0.2, 0) is 6.42 Å². The molecule has 0 saturated heterocycles. The molecule has 0 aliphatic carbocycles. The zero-order valence-corrected chi connectivity index (χ0v) is 15.9. The quantitative estimate of drug-likeness (QED) is 0.274. The van der Waals surface area contributed by atoms with Gasteiger partial charge in [0.25, 0.3) is 0 Å². The molecule has 0 aromatic heterocycles. The summed E-state index contributed by atoms with van der Waals surface area (Å²) in [6.07, 6.45) is 5.62. The molecule has 6 nitrogen and oxygen atoms in total. The van der Waals surface area contributed by atoms with Gasteiger partial charge in [0.2, 0.25) is 0 Å². The second-order valence-corrected chi connectivity index (χ2v) is 6.49. The molecule has 0 radical (unpaired) electrons. The Morgan fingerprint density at radius 2 is 1.23 bits per heavy atom. The van der Waals surface area contributed by atoms with Gasteiger partial charge in [-0.15, -0.1) is 0 Å². The molecule has 0 saturated carbocycles. The van der Waals surface area contributed by atoms with Crippen molar-refractivity contribution in [2.45, 2.75) is 38.5 Å². The maximum Gasteiger partial charge on any atom is 0.404 e. The minimum absolute atomic E-state index is 0.558. The van der Waals surface area contributed by atoms with Crippen LogP contribution in [0.2, 0.25) is 0 Å². The number of hydrogen-bond acceptors (Lipinski definition) is 4. The topological polar surface area (TPSA) is 85.4 Å². The first-order valence-electron chi connectivity index (χ1n) is 9.92. The van der Waals surface area contributed by atoms with E-state index in [1.54, 1.807) is 0 Å². The first kappa shape index (κ1) is 22.4. The maximum atomic E-state index is 10.3. The Labute approximate surface area is 158 Å². The van der Waals surface area contributed by atoms with E-state index in [0.717, 1.165) is 65.0 Å². The summed E-state index contributed by atoms with van der Waals surface area (Å²) >= 11 is 0. The molecule has 0 spiro atoms. The molecule has 0 unspecified atom stereocenters. The monoisotopic (exact) mass is 364 g/mol. The molecule has 148 valence electrons. The van der Waals surface area contributed by atoms with Gasteiger partial charge < -0.3 is 26.4 Å². The number of benzene rings is 1. The van der Waals surface area contributed by atoms with Crippen LogP contribution in [0.25, 0.3) is 0 Å². The summed E-state index contributed by atoms with van der Waals surface area (Å²) in [6, 6.07) is 10.6. The molecule has 1 rings (SSSR count). The van der Waals surface area contributed by atoms with Crippen molar-refractivity contribution in [3.8, 4) is 0 Å². The van der Waals surface area contributed by atoms with Crippen LogP contribution in [0.5, 0.6) is 0 Å². The molecule has 0 fully saturated rings. The van der Waals surface area contributed by atoms with Gasteiger partial charge in [0.1, 0.15) is 0 Å². The zero-order chi connectivity index (χ0) is 18.7. The highest BCUT2D eigenvalue weighted by molar-refractivity contribution is 5.64. The van der Waals surface area contributed by atoms with Crippen molar-refractivity contribution in [2.75, 3.05) is 45.8 Å². The number of amides is 1. The smallest absolute Gasteiger partial charge is 0.404 e. The standard InChI is InChI=1S/C20H36N4O2/c25-20(26)24-15-6-2-5-12-21-13-7-8-14-22-17-18-23-16-11-19-9-3-1-4-10-19/h1,3-4,9-10,21-24H,2,5-8,11-18H2,(H,25,26). The molecule has 5 N–H and O–H groups in total. The fraction of sp³-hybridized carbons (Fsp3) is 0.650. The van der Waals surface area contributed by atoms with Crippen LogP contribution in [0.3, 0.4) is 0 Å². The number of carboxylic acid groups (broad SMARTS) is 1. The fourth-order valence-corrected chi connectivity index (χ4v) is 2.68. The van der Waals surface area contributed by atoms with Crippen molar-refractivity contribution in [2.24, 2.45) is 0 Å². The molecule has 26 heavy (non-hydrogen) atoms. The van der Waals surface area contributed by atoms with E-state index in [1.807, 2.05) is 0 Å². The van der Waals surface area contributed by atoms with Crippen molar-refractivity contribution in [3.05, 3.63) is 35.9 Å². The Morgan fingerprint density at radius 3 is 1.88 bits per heavy atom. The first-order chi connectivity index (χ1) is 12.8. The van der Waals surface area contributed by atoms with Crippen LogP contribution < -0.4 is 21.3 Å². The lowest BCUT2D eigenvalue weighted by Gasteiger charge is -2.08. The zero-order valence-electron chi connectivity index (χ0n) is 15.9. The molecule has 1 aromatic carbocycles. The Kier molecular flexibility index (Phi) is 14.5. The van der Waals surface area contributed by atoms with Gasteiger partial charge in [-0.05, 0) is 63.8 Å². The summed E-state index contributed by atoms with van der Waals surface area (Å²) in [5.74, 6) is 0. The summed E-state index contributed by atoms with van der Waals surface area (Å²) in [5.41, 5.74) is 1.39. The van der Waals surface area contributed by atoms with Crippen molar-refractivity contribution < 1.29 is 9.90 Å². The minimum atomic E-state index is -0.931. The van der Waals surface area contributed by atoms with Gasteiger partial charge in [-0.1, -0.05) is 36.8 Å². The van der Waals surface area contributed by atoms with Crippen LogP contribution in [0.4, 0.5) is 4.79 Å². The predicted molar refractivity (Wildman–Crippen MR) is 108 cm³/mol. The van der Waals surface area contributed by atoms with E-state index in [9.17, 15) is 4.79 Å². The van der Waals surface area contributed by atoms with Crippen molar-refractivity contribution in [1.29, 1.82) is 0 Å². The van der Waals surface area contributed by atoms with E-state index < -0.39 is 6.09 Å². The van der Waals surface area contributed by atoms with Gasteiger partial charge in [0, 0.05) is 19.6 Å². The average Bonchev–Trinajstić information content (AvgIpc) is 2.65. The average molecular weight is 365 g/mol. The normalized spacial score (nSPS) is 10.8. The molecule has 1 aromatic rings. The molecular weight excluding hydrogens is 328 g/mol. The number of carbonyl (C=O) groups is 1. The molecule has 0 bridgehead atoms. The van der Waals surface area contributed by atoms with E-state index in [-0.39, 0.29) is 0 Å². The highest BCUT2D eigenvalue weighted by Crippen LogP contribution is 1.97. The van der Waals surface area contributed by atoms with E-state index in [2.05, 4.69) is 51.6 Å². The second kappa shape index (κ2) is 16.8. The lowest BCUT2D eigenvalue weighted by atomic mass is 10.1. The van der Waals surface area contributed by atoms with E-state index >= 15 is 0 Å². The van der Waals surface area contributed by atoms with Crippen LogP contribution in [0, 0.1) is 0 Å². The summed E-state index contributed by atoms with van der Waals surface area (Å²) in [4.78, 5) is 10.3.